The molecule has 4 heteroatoms. The third kappa shape index (κ3) is 4.86. The molecule has 1 aliphatic heterocycles. The number of amidine groups is 1. The Balaban J connectivity index is 1.29. The summed E-state index contributed by atoms with van der Waals surface area (Å²) < 4.78 is 2.39. The predicted molar refractivity (Wildman–Crippen MR) is 230 cm³/mol. The highest BCUT2D eigenvalue weighted by molar-refractivity contribution is 6.21. The minimum absolute atomic E-state index is 0.444. The predicted octanol–water partition coefficient (Wildman–Crippen LogP) is 11.8. The minimum Gasteiger partial charge on any atom is -0.310 e. The lowest BCUT2D eigenvalue weighted by Crippen LogP contribution is -2.40. The lowest BCUT2D eigenvalue weighted by molar-refractivity contribution is 0.743. The molecule has 1 atom stereocenters. The second-order valence-corrected chi connectivity index (χ2v) is 14.6. The van der Waals surface area contributed by atoms with Crippen LogP contribution in [0.5, 0.6) is 0 Å². The van der Waals surface area contributed by atoms with Gasteiger partial charge in [-0.05, 0) is 56.6 Å². The molecule has 8 aromatic carbocycles. The average Bonchev–Trinajstić information content (AvgIpc) is 3.78. The molecule has 0 saturated heterocycles. The first-order valence-corrected chi connectivity index (χ1v) is 19.2. The molecule has 2 heterocycles. The summed E-state index contributed by atoms with van der Waals surface area (Å²) in [5, 5.41) is 6.12. The van der Waals surface area contributed by atoms with Crippen molar-refractivity contribution in [2.24, 2.45) is 9.98 Å². The summed E-state index contributed by atoms with van der Waals surface area (Å²) in [6.07, 6.45) is -0.444. The number of nitrogens with zero attached hydrogens (tertiary/aromatic N) is 3. The van der Waals surface area contributed by atoms with Crippen molar-refractivity contribution in [2.75, 3.05) is 0 Å². The molecule has 1 unspecified atom stereocenters. The third-order valence-corrected chi connectivity index (χ3v) is 11.5. The van der Waals surface area contributed by atoms with Gasteiger partial charge < -0.3 is 5.32 Å². The number of benzene rings is 8. The first kappa shape index (κ1) is 32.2. The van der Waals surface area contributed by atoms with Crippen molar-refractivity contribution in [2.45, 2.75) is 11.6 Å². The molecule has 2 aliphatic rings. The average molecular weight is 717 g/mol. The van der Waals surface area contributed by atoms with E-state index in [0.717, 1.165) is 34.0 Å². The number of aromatic nitrogens is 1. The molecule has 1 aliphatic carbocycles. The van der Waals surface area contributed by atoms with Crippen molar-refractivity contribution in [3.8, 4) is 22.3 Å². The molecule has 0 saturated carbocycles. The second-order valence-electron chi connectivity index (χ2n) is 14.6. The molecule has 0 radical (unpaired) electrons. The monoisotopic (exact) mass is 716 g/mol. The van der Waals surface area contributed by atoms with Crippen LogP contribution in [0.1, 0.15) is 39.5 Å². The van der Waals surface area contributed by atoms with Crippen LogP contribution in [0.4, 0.5) is 0 Å². The quantitative estimate of drug-likeness (QED) is 0.189. The van der Waals surface area contributed by atoms with Crippen molar-refractivity contribution < 1.29 is 0 Å². The van der Waals surface area contributed by atoms with Crippen molar-refractivity contribution in [1.29, 1.82) is 0 Å². The van der Waals surface area contributed by atoms with Gasteiger partial charge in [-0.1, -0.05) is 194 Å². The number of rotatable bonds is 5. The molecule has 0 bridgehead atoms. The highest BCUT2D eigenvalue weighted by Gasteiger charge is 2.48. The van der Waals surface area contributed by atoms with Gasteiger partial charge in [0.25, 0.3) is 0 Å². The summed E-state index contributed by atoms with van der Waals surface area (Å²) >= 11 is 0. The summed E-state index contributed by atoms with van der Waals surface area (Å²) in [6, 6.07) is 74.0. The third-order valence-electron chi connectivity index (χ3n) is 11.5. The molecule has 264 valence electrons. The Morgan fingerprint density at radius 3 is 1.73 bits per heavy atom. The second kappa shape index (κ2) is 12.9. The zero-order chi connectivity index (χ0) is 37.1. The molecular formula is C52H36N4. The fourth-order valence-corrected chi connectivity index (χ4v) is 9.13. The Hall–Kier alpha value is -7.30. The summed E-state index contributed by atoms with van der Waals surface area (Å²) in [7, 11) is 0. The van der Waals surface area contributed by atoms with E-state index in [1.54, 1.807) is 0 Å². The molecule has 1 N–H and O–H groups in total. The molecule has 9 aromatic rings. The minimum atomic E-state index is -0.618. The Labute approximate surface area is 325 Å². The van der Waals surface area contributed by atoms with Gasteiger partial charge in [0.2, 0.25) is 5.96 Å². The summed E-state index contributed by atoms with van der Waals surface area (Å²) in [4.78, 5) is 10.7. The van der Waals surface area contributed by atoms with Crippen LogP contribution in [0.25, 0.3) is 44.1 Å². The SMILES string of the molecule is c1ccc(C2=NC(c3ccccc3)N=C(n3c4ccc(-c5ccccc5)cc4c4ccc5c(c43)C(c3ccccc3)(c3ccccc3)c3ccccc3-5)N2)cc1. The molecule has 0 spiro atoms. The van der Waals surface area contributed by atoms with Gasteiger partial charge in [0.1, 0.15) is 5.84 Å². The lowest BCUT2D eigenvalue weighted by Gasteiger charge is -2.34. The van der Waals surface area contributed by atoms with Crippen LogP contribution in [0, 0.1) is 0 Å². The fourth-order valence-electron chi connectivity index (χ4n) is 9.13. The van der Waals surface area contributed by atoms with E-state index in [-0.39, 0.29) is 0 Å². The maximum Gasteiger partial charge on any atom is 0.211 e. The van der Waals surface area contributed by atoms with E-state index in [2.05, 4.69) is 204 Å². The normalized spacial score (nSPS) is 15.5. The molecule has 56 heavy (non-hydrogen) atoms. The Bertz CT molecular complexity index is 2930. The van der Waals surface area contributed by atoms with E-state index in [1.165, 1.54) is 55.3 Å². The molecular weight excluding hydrogens is 681 g/mol. The van der Waals surface area contributed by atoms with Gasteiger partial charge in [0.05, 0.1) is 16.4 Å². The van der Waals surface area contributed by atoms with E-state index in [9.17, 15) is 0 Å². The van der Waals surface area contributed by atoms with Crippen molar-refractivity contribution >= 4 is 33.6 Å². The number of nitrogens with one attached hydrogen (secondary N) is 1. The first-order valence-electron chi connectivity index (χ1n) is 19.2. The van der Waals surface area contributed by atoms with Gasteiger partial charge in [-0.3, -0.25) is 4.57 Å². The zero-order valence-electron chi connectivity index (χ0n) is 30.5. The van der Waals surface area contributed by atoms with Gasteiger partial charge in [-0.2, -0.15) is 0 Å². The van der Waals surface area contributed by atoms with E-state index >= 15 is 0 Å². The lowest BCUT2D eigenvalue weighted by atomic mass is 9.67. The maximum atomic E-state index is 5.50. The van der Waals surface area contributed by atoms with Crippen molar-refractivity contribution in [1.82, 2.24) is 9.88 Å². The van der Waals surface area contributed by atoms with E-state index in [4.69, 9.17) is 9.98 Å². The van der Waals surface area contributed by atoms with Crippen LogP contribution < -0.4 is 5.32 Å². The molecule has 4 nitrogen and oxygen atoms in total. The molecule has 11 rings (SSSR count). The van der Waals surface area contributed by atoms with Crippen LogP contribution in [-0.2, 0) is 5.41 Å². The van der Waals surface area contributed by atoms with E-state index < -0.39 is 11.6 Å². The van der Waals surface area contributed by atoms with Crippen LogP contribution in [0.3, 0.4) is 0 Å². The maximum absolute atomic E-state index is 5.50. The zero-order valence-corrected chi connectivity index (χ0v) is 30.5. The fraction of sp³-hybridized carbons (Fsp3) is 0.0385. The van der Waals surface area contributed by atoms with Crippen LogP contribution in [0.15, 0.2) is 216 Å². The van der Waals surface area contributed by atoms with E-state index in [0.29, 0.717) is 0 Å². The highest BCUT2D eigenvalue weighted by atomic mass is 15.3. The topological polar surface area (TPSA) is 41.7 Å². The molecule has 0 amide bonds. The van der Waals surface area contributed by atoms with E-state index in [1.807, 2.05) is 12.1 Å². The standard InChI is InChI=1S/C52H36N4/c1-6-18-35(19-7-1)38-30-33-46-44(34-38)43-32-31-42-41-28-16-17-29-45(41)52(39-24-12-4-13-25-39,40-26-14-5-15-27-40)47(42)48(43)56(46)51-54-49(36-20-8-2-9-21-36)53-50(55-51)37-22-10-3-11-23-37/h1-34,49H,(H,53,54,55). The van der Waals surface area contributed by atoms with Crippen LogP contribution >= 0.6 is 0 Å². The number of hydrogen-bond donors (Lipinski definition) is 1. The van der Waals surface area contributed by atoms with Gasteiger partial charge in [-0.15, -0.1) is 0 Å². The molecule has 0 fully saturated rings. The first-order chi connectivity index (χ1) is 27.8. The number of fused-ring (bicyclic) bond motifs is 7. The number of aliphatic imine (C=N–C) groups is 2. The summed E-state index contributed by atoms with van der Waals surface area (Å²) in [6.45, 7) is 0. The summed E-state index contributed by atoms with van der Waals surface area (Å²) in [5.74, 6) is 1.52. The molecule has 1 aromatic heterocycles. The smallest absolute Gasteiger partial charge is 0.211 e. The van der Waals surface area contributed by atoms with Crippen molar-refractivity contribution in [3.63, 3.8) is 0 Å². The van der Waals surface area contributed by atoms with Crippen molar-refractivity contribution in [3.05, 3.63) is 240 Å². The Kier molecular flexibility index (Phi) is 7.42. The Morgan fingerprint density at radius 2 is 1.05 bits per heavy atom. The highest BCUT2D eigenvalue weighted by Crippen LogP contribution is 2.58. The number of hydrogen-bond acceptors (Lipinski definition) is 3. The summed E-state index contributed by atoms with van der Waals surface area (Å²) in [5.41, 5.74) is 13.4. The van der Waals surface area contributed by atoms with Gasteiger partial charge >= 0.3 is 0 Å². The van der Waals surface area contributed by atoms with Gasteiger partial charge in [0, 0.05) is 21.9 Å². The largest absolute Gasteiger partial charge is 0.310 e. The Morgan fingerprint density at radius 1 is 0.464 bits per heavy atom. The van der Waals surface area contributed by atoms with Crippen LogP contribution in [0.2, 0.25) is 0 Å². The van der Waals surface area contributed by atoms with Gasteiger partial charge in [0.15, 0.2) is 6.17 Å². The van der Waals surface area contributed by atoms with Gasteiger partial charge in [-0.25, -0.2) is 9.98 Å². The van der Waals surface area contributed by atoms with Crippen LogP contribution in [-0.4, -0.2) is 16.4 Å².